The average molecular weight is 341 g/mol. The van der Waals surface area contributed by atoms with Gasteiger partial charge in [0.05, 0.1) is 0 Å². The van der Waals surface area contributed by atoms with E-state index in [2.05, 4.69) is 50.9 Å². The molecule has 6 nitrogen and oxygen atoms in total. The summed E-state index contributed by atoms with van der Waals surface area (Å²) in [5.41, 5.74) is 2.21. The fourth-order valence-electron chi connectivity index (χ4n) is 3.78. The van der Waals surface area contributed by atoms with Gasteiger partial charge in [0.1, 0.15) is 0 Å². The highest BCUT2D eigenvalue weighted by Crippen LogP contribution is 2.24. The third-order valence-electron chi connectivity index (χ3n) is 5.52. The van der Waals surface area contributed by atoms with Crippen LogP contribution in [0.2, 0.25) is 0 Å². The van der Waals surface area contributed by atoms with Gasteiger partial charge in [-0.3, -0.25) is 4.90 Å². The first kappa shape index (κ1) is 16.5. The van der Waals surface area contributed by atoms with Crippen LogP contribution in [-0.4, -0.2) is 72.3 Å². The monoisotopic (exact) mass is 341 g/mol. The second-order valence-electron chi connectivity index (χ2n) is 7.32. The van der Waals surface area contributed by atoms with Crippen LogP contribution in [0.5, 0.6) is 0 Å². The zero-order chi connectivity index (χ0) is 17.2. The van der Waals surface area contributed by atoms with Crippen molar-refractivity contribution in [2.24, 2.45) is 0 Å². The Morgan fingerprint density at radius 3 is 2.32 bits per heavy atom. The number of rotatable bonds is 3. The van der Waals surface area contributed by atoms with Gasteiger partial charge in [-0.05, 0) is 44.1 Å². The summed E-state index contributed by atoms with van der Waals surface area (Å²) in [5.74, 6) is 1.34. The maximum Gasteiger partial charge on any atom is 0.266 e. The molecule has 4 rings (SSSR count). The van der Waals surface area contributed by atoms with Crippen LogP contribution >= 0.6 is 0 Å². The van der Waals surface area contributed by atoms with Crippen LogP contribution in [0, 0.1) is 6.92 Å². The number of nitrogens with zero attached hydrogens (tertiary/aromatic N) is 5. The topological polar surface area (TPSA) is 48.6 Å². The predicted octanol–water partition coefficient (Wildman–Crippen LogP) is 2.26. The van der Waals surface area contributed by atoms with Crippen molar-refractivity contribution in [1.29, 1.82) is 0 Å². The Hall–Kier alpha value is -1.92. The molecule has 134 valence electrons. The summed E-state index contributed by atoms with van der Waals surface area (Å²) in [5, 5.41) is 4.21. The first-order chi connectivity index (χ1) is 12.2. The SMILES string of the molecule is Cc1ccc(-c2nc(N3CCC(N4CCN(C)CC4)CC3)no2)cc1. The van der Waals surface area contributed by atoms with Crippen molar-refractivity contribution in [3.63, 3.8) is 0 Å². The van der Waals surface area contributed by atoms with E-state index in [1.807, 2.05) is 12.1 Å². The number of anilines is 1. The first-order valence-electron chi connectivity index (χ1n) is 9.27. The quantitative estimate of drug-likeness (QED) is 0.853. The van der Waals surface area contributed by atoms with Crippen LogP contribution in [0.25, 0.3) is 11.5 Å². The van der Waals surface area contributed by atoms with Crippen LogP contribution in [0.15, 0.2) is 28.8 Å². The predicted molar refractivity (Wildman–Crippen MR) is 98.8 cm³/mol. The molecular weight excluding hydrogens is 314 g/mol. The molecule has 3 heterocycles. The zero-order valence-corrected chi connectivity index (χ0v) is 15.2. The summed E-state index contributed by atoms with van der Waals surface area (Å²) >= 11 is 0. The molecule has 0 amide bonds. The van der Waals surface area contributed by atoms with Gasteiger partial charge < -0.3 is 14.3 Å². The van der Waals surface area contributed by atoms with Crippen molar-refractivity contribution in [3.8, 4) is 11.5 Å². The molecule has 2 fully saturated rings. The van der Waals surface area contributed by atoms with Crippen LogP contribution in [0.3, 0.4) is 0 Å². The van der Waals surface area contributed by atoms with E-state index in [0.29, 0.717) is 11.9 Å². The molecule has 0 saturated carbocycles. The Bertz CT molecular complexity index is 682. The summed E-state index contributed by atoms with van der Waals surface area (Å²) in [4.78, 5) is 11.9. The number of piperazine rings is 1. The normalized spacial score (nSPS) is 21.0. The molecule has 6 heteroatoms. The van der Waals surface area contributed by atoms with Gasteiger partial charge in [-0.2, -0.15) is 4.98 Å². The molecule has 0 bridgehead atoms. The van der Waals surface area contributed by atoms with Crippen molar-refractivity contribution in [2.45, 2.75) is 25.8 Å². The van der Waals surface area contributed by atoms with E-state index in [-0.39, 0.29) is 0 Å². The lowest BCUT2D eigenvalue weighted by molar-refractivity contribution is 0.0980. The standard InChI is InChI=1S/C19H27N5O/c1-15-3-5-16(6-4-15)18-20-19(21-25-18)24-9-7-17(8-10-24)23-13-11-22(2)12-14-23/h3-6,17H,7-14H2,1-2H3. The Labute approximate surface area is 149 Å². The van der Waals surface area contributed by atoms with E-state index < -0.39 is 0 Å². The molecule has 0 aliphatic carbocycles. The van der Waals surface area contributed by atoms with Gasteiger partial charge in [0.25, 0.3) is 11.8 Å². The molecule has 0 radical (unpaired) electrons. The Balaban J connectivity index is 1.36. The molecule has 0 N–H and O–H groups in total. The summed E-state index contributed by atoms with van der Waals surface area (Å²) in [6.07, 6.45) is 2.36. The number of benzene rings is 1. The minimum Gasteiger partial charge on any atom is -0.338 e. The number of hydrogen-bond acceptors (Lipinski definition) is 6. The van der Waals surface area contributed by atoms with Gasteiger partial charge in [0.15, 0.2) is 0 Å². The van der Waals surface area contributed by atoms with E-state index in [4.69, 9.17) is 4.52 Å². The lowest BCUT2D eigenvalue weighted by atomic mass is 10.0. The zero-order valence-electron chi connectivity index (χ0n) is 15.2. The highest BCUT2D eigenvalue weighted by Gasteiger charge is 2.28. The molecule has 0 unspecified atom stereocenters. The van der Waals surface area contributed by atoms with E-state index in [1.54, 1.807) is 0 Å². The molecule has 1 aromatic carbocycles. The third kappa shape index (κ3) is 3.70. The first-order valence-corrected chi connectivity index (χ1v) is 9.27. The lowest BCUT2D eigenvalue weighted by Crippen LogP contribution is -2.52. The van der Waals surface area contributed by atoms with Crippen molar-refractivity contribution >= 4 is 5.95 Å². The maximum absolute atomic E-state index is 5.48. The summed E-state index contributed by atoms with van der Waals surface area (Å²) < 4.78 is 5.48. The largest absolute Gasteiger partial charge is 0.338 e. The molecule has 1 aromatic heterocycles. The van der Waals surface area contributed by atoms with Crippen molar-refractivity contribution in [1.82, 2.24) is 19.9 Å². The fraction of sp³-hybridized carbons (Fsp3) is 0.579. The molecule has 2 aliphatic heterocycles. The highest BCUT2D eigenvalue weighted by atomic mass is 16.5. The van der Waals surface area contributed by atoms with Gasteiger partial charge in [-0.25, -0.2) is 0 Å². The summed E-state index contributed by atoms with van der Waals surface area (Å²) in [7, 11) is 2.21. The van der Waals surface area contributed by atoms with E-state index in [9.17, 15) is 0 Å². The lowest BCUT2D eigenvalue weighted by Gasteiger charge is -2.41. The Morgan fingerprint density at radius 2 is 1.64 bits per heavy atom. The van der Waals surface area contributed by atoms with E-state index in [0.717, 1.165) is 24.6 Å². The Kier molecular flexibility index (Phi) is 4.72. The minimum absolute atomic E-state index is 0.608. The maximum atomic E-state index is 5.48. The third-order valence-corrected chi connectivity index (χ3v) is 5.52. The van der Waals surface area contributed by atoms with Crippen molar-refractivity contribution in [2.75, 3.05) is 51.2 Å². The van der Waals surface area contributed by atoms with Gasteiger partial charge in [0, 0.05) is 50.9 Å². The number of likely N-dealkylation sites (N-methyl/N-ethyl adjacent to an activating group) is 1. The van der Waals surface area contributed by atoms with E-state index >= 15 is 0 Å². The minimum atomic E-state index is 0.608. The molecule has 2 saturated heterocycles. The molecule has 2 aromatic rings. The van der Waals surface area contributed by atoms with Crippen LogP contribution < -0.4 is 4.90 Å². The number of piperidine rings is 1. The molecule has 2 aliphatic rings. The molecular formula is C19H27N5O. The number of aryl methyl sites for hydroxylation is 1. The van der Waals surface area contributed by atoms with Gasteiger partial charge in [0.2, 0.25) is 0 Å². The van der Waals surface area contributed by atoms with Crippen molar-refractivity contribution < 1.29 is 4.52 Å². The second kappa shape index (κ2) is 7.14. The van der Waals surface area contributed by atoms with Gasteiger partial charge in [-0.15, -0.1) is 0 Å². The molecule has 0 atom stereocenters. The van der Waals surface area contributed by atoms with E-state index in [1.165, 1.54) is 44.6 Å². The molecule has 0 spiro atoms. The van der Waals surface area contributed by atoms with Crippen LogP contribution in [-0.2, 0) is 0 Å². The summed E-state index contributed by atoms with van der Waals surface area (Å²) in [6, 6.07) is 8.91. The number of hydrogen-bond donors (Lipinski definition) is 0. The fourth-order valence-corrected chi connectivity index (χ4v) is 3.78. The average Bonchev–Trinajstić information content (AvgIpc) is 3.13. The van der Waals surface area contributed by atoms with Crippen LogP contribution in [0.4, 0.5) is 5.95 Å². The summed E-state index contributed by atoms with van der Waals surface area (Å²) in [6.45, 7) is 8.85. The van der Waals surface area contributed by atoms with Gasteiger partial charge >= 0.3 is 0 Å². The van der Waals surface area contributed by atoms with Crippen molar-refractivity contribution in [3.05, 3.63) is 29.8 Å². The second-order valence-corrected chi connectivity index (χ2v) is 7.32. The smallest absolute Gasteiger partial charge is 0.266 e. The molecule has 25 heavy (non-hydrogen) atoms. The Morgan fingerprint density at radius 1 is 0.960 bits per heavy atom. The van der Waals surface area contributed by atoms with Crippen LogP contribution in [0.1, 0.15) is 18.4 Å². The van der Waals surface area contributed by atoms with Gasteiger partial charge in [-0.1, -0.05) is 17.7 Å². The highest BCUT2D eigenvalue weighted by molar-refractivity contribution is 5.54. The number of aromatic nitrogens is 2.